The summed E-state index contributed by atoms with van der Waals surface area (Å²) in [6.45, 7) is 7.77. The van der Waals surface area contributed by atoms with Crippen LogP contribution >= 0.6 is 23.3 Å². The number of benzene rings is 1. The van der Waals surface area contributed by atoms with Crippen molar-refractivity contribution in [2.24, 2.45) is 5.92 Å². The molecule has 1 aliphatic rings. The standard InChI is InChI=1S/C19H28N4S2/c1-19(2,3)25-23-16-11-9-14(10-12-16)13-20-18-22-21-17(24-18)15-7-5-4-6-8-15/h4-8,14,16,23H,9-13H2,1-3H3,(H,20,22)/t14-,16-. The van der Waals surface area contributed by atoms with Crippen LogP contribution in [0.15, 0.2) is 30.3 Å². The highest BCUT2D eigenvalue weighted by Crippen LogP contribution is 2.30. The van der Waals surface area contributed by atoms with Crippen LogP contribution in [-0.4, -0.2) is 27.5 Å². The zero-order valence-corrected chi connectivity index (χ0v) is 16.9. The van der Waals surface area contributed by atoms with Crippen LogP contribution in [0, 0.1) is 5.92 Å². The number of rotatable bonds is 6. The van der Waals surface area contributed by atoms with E-state index in [-0.39, 0.29) is 4.75 Å². The van der Waals surface area contributed by atoms with E-state index in [1.165, 1.54) is 25.7 Å². The summed E-state index contributed by atoms with van der Waals surface area (Å²) < 4.78 is 3.94. The Morgan fingerprint density at radius 2 is 1.80 bits per heavy atom. The van der Waals surface area contributed by atoms with Crippen molar-refractivity contribution in [3.8, 4) is 10.6 Å². The summed E-state index contributed by atoms with van der Waals surface area (Å²) in [6.07, 6.45) is 5.08. The lowest BCUT2D eigenvalue weighted by Crippen LogP contribution is -2.33. The van der Waals surface area contributed by atoms with Gasteiger partial charge in [-0.2, -0.15) is 0 Å². The molecule has 0 aliphatic heterocycles. The van der Waals surface area contributed by atoms with Crippen LogP contribution in [0.1, 0.15) is 46.5 Å². The molecule has 1 heterocycles. The molecule has 2 aromatic rings. The van der Waals surface area contributed by atoms with Crippen molar-refractivity contribution in [2.45, 2.75) is 57.2 Å². The molecular formula is C19H28N4S2. The quantitative estimate of drug-likeness (QED) is 0.678. The number of anilines is 1. The van der Waals surface area contributed by atoms with E-state index in [1.54, 1.807) is 11.3 Å². The molecule has 3 rings (SSSR count). The Morgan fingerprint density at radius 3 is 2.48 bits per heavy atom. The summed E-state index contributed by atoms with van der Waals surface area (Å²) in [7, 11) is 0. The Kier molecular flexibility index (Phi) is 6.36. The van der Waals surface area contributed by atoms with Gasteiger partial charge in [0.15, 0.2) is 0 Å². The highest BCUT2D eigenvalue weighted by atomic mass is 32.2. The van der Waals surface area contributed by atoms with Crippen LogP contribution in [-0.2, 0) is 0 Å². The molecule has 0 saturated heterocycles. The molecule has 136 valence electrons. The molecule has 0 unspecified atom stereocenters. The molecular weight excluding hydrogens is 348 g/mol. The predicted molar refractivity (Wildman–Crippen MR) is 110 cm³/mol. The average Bonchev–Trinajstić information content (AvgIpc) is 3.08. The SMILES string of the molecule is CC(C)(C)SN[C@H]1CC[C@H](CNc2nnc(-c3ccccc3)s2)CC1. The summed E-state index contributed by atoms with van der Waals surface area (Å²) in [6, 6.07) is 10.9. The Morgan fingerprint density at radius 1 is 1.08 bits per heavy atom. The summed E-state index contributed by atoms with van der Waals surface area (Å²) in [5, 5.41) is 14.0. The van der Waals surface area contributed by atoms with Gasteiger partial charge in [-0.25, -0.2) is 0 Å². The molecule has 6 heteroatoms. The second kappa shape index (κ2) is 8.52. The van der Waals surface area contributed by atoms with Crippen molar-refractivity contribution < 1.29 is 0 Å². The van der Waals surface area contributed by atoms with E-state index < -0.39 is 0 Å². The minimum atomic E-state index is 0.284. The minimum absolute atomic E-state index is 0.284. The number of hydrogen-bond donors (Lipinski definition) is 2. The Bertz CT molecular complexity index is 643. The molecule has 4 nitrogen and oxygen atoms in total. The Labute approximate surface area is 159 Å². The lowest BCUT2D eigenvalue weighted by molar-refractivity contribution is 0.328. The van der Waals surface area contributed by atoms with Crippen LogP contribution < -0.4 is 10.0 Å². The zero-order chi connectivity index (χ0) is 17.7. The van der Waals surface area contributed by atoms with Gasteiger partial charge in [0.2, 0.25) is 5.13 Å². The monoisotopic (exact) mass is 376 g/mol. The molecule has 2 N–H and O–H groups in total. The molecule has 0 amide bonds. The second-order valence-electron chi connectivity index (χ2n) is 7.71. The van der Waals surface area contributed by atoms with Gasteiger partial charge in [0.25, 0.3) is 0 Å². The number of nitrogens with zero attached hydrogens (tertiary/aromatic N) is 2. The van der Waals surface area contributed by atoms with Crippen LogP contribution in [0.2, 0.25) is 0 Å². The first kappa shape index (κ1) is 18.7. The van der Waals surface area contributed by atoms with Gasteiger partial charge in [-0.3, -0.25) is 4.72 Å². The lowest BCUT2D eigenvalue weighted by Gasteiger charge is -2.31. The van der Waals surface area contributed by atoms with Crippen molar-refractivity contribution in [3.05, 3.63) is 30.3 Å². The fraction of sp³-hybridized carbons (Fsp3) is 0.579. The fourth-order valence-electron chi connectivity index (χ4n) is 2.97. The number of hydrogen-bond acceptors (Lipinski definition) is 6. The highest BCUT2D eigenvalue weighted by molar-refractivity contribution is 7.98. The van der Waals surface area contributed by atoms with Gasteiger partial charge in [0.05, 0.1) is 0 Å². The van der Waals surface area contributed by atoms with E-state index in [1.807, 2.05) is 30.1 Å². The number of nitrogens with one attached hydrogen (secondary N) is 2. The van der Waals surface area contributed by atoms with Crippen LogP contribution in [0.4, 0.5) is 5.13 Å². The van der Waals surface area contributed by atoms with E-state index in [9.17, 15) is 0 Å². The molecule has 1 aliphatic carbocycles. The molecule has 1 saturated carbocycles. The molecule has 1 fully saturated rings. The van der Waals surface area contributed by atoms with Crippen molar-refractivity contribution in [3.63, 3.8) is 0 Å². The fourth-order valence-corrected chi connectivity index (χ4v) is 4.48. The first-order valence-electron chi connectivity index (χ1n) is 9.06. The topological polar surface area (TPSA) is 49.8 Å². The maximum atomic E-state index is 4.30. The predicted octanol–water partition coefficient (Wildman–Crippen LogP) is 5.21. The smallest absolute Gasteiger partial charge is 0.206 e. The molecule has 25 heavy (non-hydrogen) atoms. The van der Waals surface area contributed by atoms with Crippen LogP contribution in [0.5, 0.6) is 0 Å². The Hall–Kier alpha value is -1.11. The minimum Gasteiger partial charge on any atom is -0.360 e. The molecule has 1 aromatic heterocycles. The molecule has 0 radical (unpaired) electrons. The third-order valence-corrected chi connectivity index (χ3v) is 6.36. The number of aromatic nitrogens is 2. The van der Waals surface area contributed by atoms with Gasteiger partial charge in [0.1, 0.15) is 5.01 Å². The normalized spacial score (nSPS) is 21.2. The zero-order valence-electron chi connectivity index (χ0n) is 15.3. The van der Waals surface area contributed by atoms with Gasteiger partial charge in [0, 0.05) is 22.9 Å². The summed E-state index contributed by atoms with van der Waals surface area (Å²) in [4.78, 5) is 0. The van der Waals surface area contributed by atoms with Crippen molar-refractivity contribution in [1.29, 1.82) is 0 Å². The van der Waals surface area contributed by atoms with E-state index in [4.69, 9.17) is 0 Å². The van der Waals surface area contributed by atoms with Gasteiger partial charge in [-0.1, -0.05) is 53.6 Å². The summed E-state index contributed by atoms with van der Waals surface area (Å²) in [5.41, 5.74) is 1.14. The average molecular weight is 377 g/mol. The third kappa shape index (κ3) is 5.97. The largest absolute Gasteiger partial charge is 0.360 e. The lowest BCUT2D eigenvalue weighted by atomic mass is 9.86. The van der Waals surface area contributed by atoms with Crippen LogP contribution in [0.3, 0.4) is 0 Å². The van der Waals surface area contributed by atoms with E-state index >= 15 is 0 Å². The summed E-state index contributed by atoms with van der Waals surface area (Å²) in [5.74, 6) is 0.738. The first-order valence-corrected chi connectivity index (χ1v) is 10.7. The van der Waals surface area contributed by atoms with E-state index in [2.05, 4.69) is 53.1 Å². The molecule has 0 atom stereocenters. The van der Waals surface area contributed by atoms with E-state index in [0.717, 1.165) is 28.2 Å². The third-order valence-electron chi connectivity index (χ3n) is 4.37. The highest BCUT2D eigenvalue weighted by Gasteiger charge is 2.23. The van der Waals surface area contributed by atoms with Gasteiger partial charge in [-0.15, -0.1) is 10.2 Å². The van der Waals surface area contributed by atoms with Crippen molar-refractivity contribution in [1.82, 2.24) is 14.9 Å². The molecule has 0 bridgehead atoms. The van der Waals surface area contributed by atoms with E-state index in [0.29, 0.717) is 6.04 Å². The van der Waals surface area contributed by atoms with Gasteiger partial charge < -0.3 is 5.32 Å². The molecule has 0 spiro atoms. The first-order chi connectivity index (χ1) is 12.0. The molecule has 1 aromatic carbocycles. The maximum Gasteiger partial charge on any atom is 0.206 e. The summed E-state index contributed by atoms with van der Waals surface area (Å²) >= 11 is 3.51. The van der Waals surface area contributed by atoms with Gasteiger partial charge >= 0.3 is 0 Å². The van der Waals surface area contributed by atoms with Crippen LogP contribution in [0.25, 0.3) is 10.6 Å². The maximum absolute atomic E-state index is 4.30. The Balaban J connectivity index is 1.41. The van der Waals surface area contributed by atoms with Crippen molar-refractivity contribution >= 4 is 28.4 Å². The second-order valence-corrected chi connectivity index (χ2v) is 10.4. The van der Waals surface area contributed by atoms with Crippen molar-refractivity contribution in [2.75, 3.05) is 11.9 Å². The van der Waals surface area contributed by atoms with Gasteiger partial charge in [-0.05, 0) is 52.4 Å².